The van der Waals surface area contributed by atoms with E-state index in [1.54, 1.807) is 0 Å². The van der Waals surface area contributed by atoms with E-state index in [9.17, 15) is 0 Å². The van der Waals surface area contributed by atoms with Crippen LogP contribution in [0.3, 0.4) is 0 Å². The van der Waals surface area contributed by atoms with Crippen molar-refractivity contribution in [2.24, 2.45) is 0 Å². The molecule has 3 rings (SSSR count). The Morgan fingerprint density at radius 3 is 2.68 bits per heavy atom. The van der Waals surface area contributed by atoms with Gasteiger partial charge in [0.05, 0.1) is 6.33 Å². The van der Waals surface area contributed by atoms with E-state index in [0.29, 0.717) is 0 Å². The van der Waals surface area contributed by atoms with Crippen LogP contribution < -0.4 is 5.32 Å². The van der Waals surface area contributed by atoms with E-state index in [2.05, 4.69) is 26.8 Å². The number of fused-ring (bicyclic) bond motifs is 2. The van der Waals surface area contributed by atoms with Crippen LogP contribution in [-0.2, 0) is 6.54 Å². The quantitative estimate of drug-likeness (QED) is 0.795. The fourth-order valence-electron chi connectivity index (χ4n) is 3.72. The molecule has 2 saturated heterocycles. The summed E-state index contributed by atoms with van der Waals surface area (Å²) in [5.41, 5.74) is 0. The van der Waals surface area contributed by atoms with Crippen molar-refractivity contribution in [1.82, 2.24) is 19.8 Å². The van der Waals surface area contributed by atoms with Gasteiger partial charge >= 0.3 is 0 Å². The standard InChI is InChI=1S/C15H26N4/c1-18-14-4-5-15(18)11-13(10-14)17-6-2-3-8-19-9-7-16-12-19/h7,9,12-15,17H,2-6,8,10-11H2,1H3. The summed E-state index contributed by atoms with van der Waals surface area (Å²) < 4.78 is 2.16. The van der Waals surface area contributed by atoms with Gasteiger partial charge < -0.3 is 14.8 Å². The fraction of sp³-hybridized carbons (Fsp3) is 0.800. The molecule has 0 radical (unpaired) electrons. The topological polar surface area (TPSA) is 33.1 Å². The first-order valence-electron chi connectivity index (χ1n) is 7.74. The highest BCUT2D eigenvalue weighted by molar-refractivity contribution is 4.95. The molecule has 1 N–H and O–H groups in total. The molecule has 1 aromatic heterocycles. The van der Waals surface area contributed by atoms with Gasteiger partial charge in [-0.15, -0.1) is 0 Å². The second-order valence-electron chi connectivity index (χ2n) is 6.18. The maximum atomic E-state index is 4.07. The van der Waals surface area contributed by atoms with Gasteiger partial charge in [0.1, 0.15) is 0 Å². The number of piperidine rings is 1. The minimum Gasteiger partial charge on any atom is -0.337 e. The van der Waals surface area contributed by atoms with Gasteiger partial charge in [-0.1, -0.05) is 0 Å². The molecule has 106 valence electrons. The van der Waals surface area contributed by atoms with Crippen molar-refractivity contribution < 1.29 is 0 Å². The lowest BCUT2D eigenvalue weighted by molar-refractivity contribution is 0.148. The summed E-state index contributed by atoms with van der Waals surface area (Å²) in [6.45, 7) is 2.27. The van der Waals surface area contributed by atoms with E-state index in [1.807, 2.05) is 18.7 Å². The zero-order valence-electron chi connectivity index (χ0n) is 12.0. The number of imidazole rings is 1. The first-order valence-corrected chi connectivity index (χ1v) is 7.74. The minimum absolute atomic E-state index is 0.766. The van der Waals surface area contributed by atoms with Crippen LogP contribution in [-0.4, -0.2) is 46.2 Å². The van der Waals surface area contributed by atoms with Gasteiger partial charge in [0.2, 0.25) is 0 Å². The number of hydrogen-bond donors (Lipinski definition) is 1. The molecule has 4 nitrogen and oxygen atoms in total. The number of nitrogens with zero attached hydrogens (tertiary/aromatic N) is 3. The van der Waals surface area contributed by atoms with Gasteiger partial charge in [0.25, 0.3) is 0 Å². The van der Waals surface area contributed by atoms with E-state index in [1.165, 1.54) is 45.1 Å². The smallest absolute Gasteiger partial charge is 0.0945 e. The molecule has 0 saturated carbocycles. The van der Waals surface area contributed by atoms with Crippen molar-refractivity contribution >= 4 is 0 Å². The van der Waals surface area contributed by atoms with E-state index in [0.717, 1.165) is 24.7 Å². The molecule has 0 spiro atoms. The molecule has 0 aromatic carbocycles. The number of aryl methyl sites for hydroxylation is 1. The maximum absolute atomic E-state index is 4.07. The van der Waals surface area contributed by atoms with Crippen LogP contribution in [0, 0.1) is 0 Å². The third-order valence-electron chi connectivity index (χ3n) is 4.93. The van der Waals surface area contributed by atoms with Gasteiger partial charge in [-0.3, -0.25) is 0 Å². The summed E-state index contributed by atoms with van der Waals surface area (Å²) in [4.78, 5) is 6.68. The average molecular weight is 262 g/mol. The van der Waals surface area contributed by atoms with Crippen molar-refractivity contribution in [3.8, 4) is 0 Å². The second-order valence-corrected chi connectivity index (χ2v) is 6.18. The summed E-state index contributed by atoms with van der Waals surface area (Å²) in [5.74, 6) is 0. The van der Waals surface area contributed by atoms with Gasteiger partial charge in [-0.2, -0.15) is 0 Å². The Hall–Kier alpha value is -0.870. The van der Waals surface area contributed by atoms with E-state index in [-0.39, 0.29) is 0 Å². The van der Waals surface area contributed by atoms with Crippen LogP contribution in [0.4, 0.5) is 0 Å². The summed E-state index contributed by atoms with van der Waals surface area (Å²) in [6, 6.07) is 2.46. The molecular formula is C15H26N4. The lowest BCUT2D eigenvalue weighted by Crippen LogP contribution is -2.47. The zero-order valence-corrected chi connectivity index (χ0v) is 12.0. The second kappa shape index (κ2) is 6.06. The highest BCUT2D eigenvalue weighted by Gasteiger charge is 2.37. The first-order chi connectivity index (χ1) is 9.33. The number of hydrogen-bond acceptors (Lipinski definition) is 3. The molecular weight excluding hydrogens is 236 g/mol. The number of aromatic nitrogens is 2. The van der Waals surface area contributed by atoms with Gasteiger partial charge in [-0.05, 0) is 52.1 Å². The number of nitrogens with one attached hydrogen (secondary N) is 1. The Labute approximate surface area is 116 Å². The summed E-state index contributed by atoms with van der Waals surface area (Å²) in [5, 5.41) is 3.77. The largest absolute Gasteiger partial charge is 0.337 e. The van der Waals surface area contributed by atoms with E-state index >= 15 is 0 Å². The molecule has 2 atom stereocenters. The maximum Gasteiger partial charge on any atom is 0.0945 e. The normalized spacial score (nSPS) is 30.9. The van der Waals surface area contributed by atoms with Crippen LogP contribution in [0.5, 0.6) is 0 Å². The molecule has 4 heteroatoms. The SMILES string of the molecule is CN1C2CCC1CC(NCCCCn1ccnc1)C2. The van der Waals surface area contributed by atoms with Crippen molar-refractivity contribution in [3.63, 3.8) is 0 Å². The van der Waals surface area contributed by atoms with Crippen molar-refractivity contribution in [3.05, 3.63) is 18.7 Å². The molecule has 3 heterocycles. The molecule has 0 aliphatic carbocycles. The Morgan fingerprint density at radius 1 is 1.21 bits per heavy atom. The van der Waals surface area contributed by atoms with Crippen molar-refractivity contribution in [2.75, 3.05) is 13.6 Å². The third-order valence-corrected chi connectivity index (χ3v) is 4.93. The lowest BCUT2D eigenvalue weighted by atomic mass is 9.98. The predicted octanol–water partition coefficient (Wildman–Crippen LogP) is 1.88. The van der Waals surface area contributed by atoms with Crippen LogP contribution in [0.1, 0.15) is 38.5 Å². The Bertz CT molecular complexity index is 362. The summed E-state index contributed by atoms with van der Waals surface area (Å²) in [6.07, 6.45) is 13.8. The van der Waals surface area contributed by atoms with Crippen LogP contribution in [0.25, 0.3) is 0 Å². The molecule has 19 heavy (non-hydrogen) atoms. The van der Waals surface area contributed by atoms with Gasteiger partial charge in [0, 0.05) is 37.1 Å². The Balaban J connectivity index is 1.31. The van der Waals surface area contributed by atoms with Crippen molar-refractivity contribution in [1.29, 1.82) is 0 Å². The number of rotatable bonds is 6. The highest BCUT2D eigenvalue weighted by atomic mass is 15.2. The van der Waals surface area contributed by atoms with Crippen LogP contribution in [0.15, 0.2) is 18.7 Å². The monoisotopic (exact) mass is 262 g/mol. The fourth-order valence-corrected chi connectivity index (χ4v) is 3.72. The lowest BCUT2D eigenvalue weighted by Gasteiger charge is -2.36. The molecule has 1 aromatic rings. The molecule has 2 bridgehead atoms. The van der Waals surface area contributed by atoms with Crippen LogP contribution >= 0.6 is 0 Å². The molecule has 2 fully saturated rings. The van der Waals surface area contributed by atoms with E-state index < -0.39 is 0 Å². The third kappa shape index (κ3) is 3.18. The molecule has 0 amide bonds. The molecule has 2 aliphatic heterocycles. The van der Waals surface area contributed by atoms with Crippen molar-refractivity contribution in [2.45, 2.75) is 63.2 Å². The average Bonchev–Trinajstić information content (AvgIpc) is 2.97. The van der Waals surface area contributed by atoms with E-state index in [4.69, 9.17) is 0 Å². The molecule has 2 aliphatic rings. The Morgan fingerprint density at radius 2 is 2.00 bits per heavy atom. The van der Waals surface area contributed by atoms with Crippen LogP contribution in [0.2, 0.25) is 0 Å². The summed E-state index contributed by atoms with van der Waals surface area (Å²) >= 11 is 0. The first kappa shape index (κ1) is 13.1. The van der Waals surface area contributed by atoms with Gasteiger partial charge in [0.15, 0.2) is 0 Å². The predicted molar refractivity (Wildman–Crippen MR) is 77.1 cm³/mol. The minimum atomic E-state index is 0.766. The number of unbranched alkanes of at least 4 members (excludes halogenated alkanes) is 1. The zero-order chi connectivity index (χ0) is 13.1. The summed E-state index contributed by atoms with van der Waals surface area (Å²) in [7, 11) is 2.31. The van der Waals surface area contributed by atoms with Gasteiger partial charge in [-0.25, -0.2) is 4.98 Å². The highest BCUT2D eigenvalue weighted by Crippen LogP contribution is 2.34. The Kier molecular flexibility index (Phi) is 4.18. The molecule has 2 unspecified atom stereocenters.